The summed E-state index contributed by atoms with van der Waals surface area (Å²) in [7, 11) is 0. The molecular formula is C15H14N2O3. The lowest BCUT2D eigenvalue weighted by Gasteiger charge is -2.06. The summed E-state index contributed by atoms with van der Waals surface area (Å²) in [4.78, 5) is 26.6. The van der Waals surface area contributed by atoms with Gasteiger partial charge in [0.05, 0.1) is 5.52 Å². The molecule has 20 heavy (non-hydrogen) atoms. The third kappa shape index (κ3) is 3.20. The van der Waals surface area contributed by atoms with E-state index >= 15 is 0 Å². The molecule has 0 fully saturated rings. The molecule has 0 saturated carbocycles. The lowest BCUT2D eigenvalue weighted by molar-refractivity contribution is -0.148. The van der Waals surface area contributed by atoms with Crippen molar-refractivity contribution >= 4 is 28.9 Å². The Balaban J connectivity index is 2.18. The van der Waals surface area contributed by atoms with Crippen molar-refractivity contribution in [2.24, 2.45) is 5.73 Å². The van der Waals surface area contributed by atoms with E-state index in [1.165, 1.54) is 13.0 Å². The van der Waals surface area contributed by atoms with Crippen LogP contribution < -0.4 is 5.73 Å². The molecule has 0 aliphatic heterocycles. The molecule has 1 unspecified atom stereocenters. The average molecular weight is 270 g/mol. The van der Waals surface area contributed by atoms with Gasteiger partial charge in [-0.2, -0.15) is 0 Å². The van der Waals surface area contributed by atoms with Crippen molar-refractivity contribution in [2.75, 3.05) is 0 Å². The summed E-state index contributed by atoms with van der Waals surface area (Å²) in [6, 6.07) is 9.44. The number of amides is 1. The zero-order valence-electron chi connectivity index (χ0n) is 10.9. The van der Waals surface area contributed by atoms with Gasteiger partial charge in [-0.25, -0.2) is 4.79 Å². The first-order valence-corrected chi connectivity index (χ1v) is 6.09. The van der Waals surface area contributed by atoms with E-state index in [9.17, 15) is 9.59 Å². The van der Waals surface area contributed by atoms with Crippen LogP contribution in [0.3, 0.4) is 0 Å². The molecule has 0 bridgehead atoms. The number of benzene rings is 1. The molecular weight excluding hydrogens is 256 g/mol. The average Bonchev–Trinajstić information content (AvgIpc) is 2.44. The molecule has 1 atom stereocenters. The minimum Gasteiger partial charge on any atom is -0.449 e. The van der Waals surface area contributed by atoms with E-state index in [4.69, 9.17) is 10.5 Å². The van der Waals surface area contributed by atoms with E-state index in [0.717, 1.165) is 16.5 Å². The van der Waals surface area contributed by atoms with Crippen LogP contribution in [0.15, 0.2) is 42.6 Å². The van der Waals surface area contributed by atoms with E-state index in [0.29, 0.717) is 0 Å². The first-order chi connectivity index (χ1) is 9.58. The number of rotatable bonds is 4. The first kappa shape index (κ1) is 13.7. The topological polar surface area (TPSA) is 82.3 Å². The zero-order valence-corrected chi connectivity index (χ0v) is 10.9. The first-order valence-electron chi connectivity index (χ1n) is 6.09. The van der Waals surface area contributed by atoms with E-state index < -0.39 is 18.0 Å². The van der Waals surface area contributed by atoms with E-state index in [-0.39, 0.29) is 0 Å². The maximum absolute atomic E-state index is 11.5. The maximum Gasteiger partial charge on any atom is 0.331 e. The molecule has 2 aromatic rings. The van der Waals surface area contributed by atoms with Crippen molar-refractivity contribution in [3.8, 4) is 0 Å². The molecule has 2 N–H and O–H groups in total. The smallest absolute Gasteiger partial charge is 0.331 e. The third-order valence-corrected chi connectivity index (χ3v) is 2.76. The van der Waals surface area contributed by atoms with Crippen molar-refractivity contribution in [3.63, 3.8) is 0 Å². The molecule has 1 heterocycles. The predicted octanol–water partition coefficient (Wildman–Crippen LogP) is 1.66. The molecule has 2 rings (SSSR count). The second kappa shape index (κ2) is 5.97. The Morgan fingerprint density at radius 1 is 1.30 bits per heavy atom. The van der Waals surface area contributed by atoms with Gasteiger partial charge in [-0.15, -0.1) is 0 Å². The number of primary amides is 1. The highest BCUT2D eigenvalue weighted by molar-refractivity contribution is 5.93. The van der Waals surface area contributed by atoms with Crippen molar-refractivity contribution in [1.82, 2.24) is 4.98 Å². The zero-order chi connectivity index (χ0) is 14.5. The Hall–Kier alpha value is -2.69. The lowest BCUT2D eigenvalue weighted by atomic mass is 10.1. The van der Waals surface area contributed by atoms with Crippen LogP contribution in [-0.4, -0.2) is 23.0 Å². The summed E-state index contributed by atoms with van der Waals surface area (Å²) in [5.74, 6) is -1.30. The summed E-state index contributed by atoms with van der Waals surface area (Å²) in [5.41, 5.74) is 6.61. The normalized spacial score (nSPS) is 12.4. The fraction of sp³-hybridized carbons (Fsp3) is 0.133. The van der Waals surface area contributed by atoms with Crippen LogP contribution in [-0.2, 0) is 14.3 Å². The minimum atomic E-state index is -0.946. The molecule has 0 radical (unpaired) electrons. The number of pyridine rings is 1. The van der Waals surface area contributed by atoms with Crippen molar-refractivity contribution in [1.29, 1.82) is 0 Å². The fourth-order valence-corrected chi connectivity index (χ4v) is 1.69. The molecule has 0 aliphatic carbocycles. The highest BCUT2D eigenvalue weighted by atomic mass is 16.5. The number of carbonyl (C=O) groups excluding carboxylic acids is 2. The summed E-state index contributed by atoms with van der Waals surface area (Å²) < 4.78 is 4.82. The van der Waals surface area contributed by atoms with Crippen molar-refractivity contribution < 1.29 is 14.3 Å². The number of para-hydroxylation sites is 1. The van der Waals surface area contributed by atoms with Crippen LogP contribution in [0.25, 0.3) is 17.0 Å². The summed E-state index contributed by atoms with van der Waals surface area (Å²) in [6.07, 6.45) is 3.60. The number of hydrogen-bond acceptors (Lipinski definition) is 4. The Bertz CT molecular complexity index is 674. The number of carbonyl (C=O) groups is 2. The molecule has 0 aliphatic rings. The Morgan fingerprint density at radius 2 is 2.05 bits per heavy atom. The monoisotopic (exact) mass is 270 g/mol. The van der Waals surface area contributed by atoms with Gasteiger partial charge in [0.2, 0.25) is 0 Å². The number of nitrogens with two attached hydrogens (primary N) is 1. The number of esters is 1. The van der Waals surface area contributed by atoms with Crippen LogP contribution in [0.1, 0.15) is 12.5 Å². The Labute approximate surface area is 116 Å². The van der Waals surface area contributed by atoms with Gasteiger partial charge in [-0.05, 0) is 19.1 Å². The number of fused-ring (bicyclic) bond motifs is 1. The number of nitrogens with zero attached hydrogens (tertiary/aromatic N) is 1. The largest absolute Gasteiger partial charge is 0.449 e. The molecule has 102 valence electrons. The SMILES string of the molecule is CC(OC(=O)C=Cc1cccc2cccnc12)C(N)=O. The number of aromatic nitrogens is 1. The van der Waals surface area contributed by atoms with Crippen molar-refractivity contribution in [3.05, 3.63) is 48.2 Å². The Morgan fingerprint density at radius 3 is 2.80 bits per heavy atom. The highest BCUT2D eigenvalue weighted by Gasteiger charge is 2.12. The quantitative estimate of drug-likeness (QED) is 0.676. The summed E-state index contributed by atoms with van der Waals surface area (Å²) >= 11 is 0. The lowest BCUT2D eigenvalue weighted by Crippen LogP contribution is -2.29. The van der Waals surface area contributed by atoms with E-state index in [2.05, 4.69) is 4.98 Å². The Kier molecular flexibility index (Phi) is 4.10. The molecule has 0 spiro atoms. The third-order valence-electron chi connectivity index (χ3n) is 2.76. The van der Waals surface area contributed by atoms with Crippen LogP contribution in [0.2, 0.25) is 0 Å². The van der Waals surface area contributed by atoms with Gasteiger partial charge in [0.25, 0.3) is 5.91 Å². The van der Waals surface area contributed by atoms with Gasteiger partial charge in [0.1, 0.15) is 0 Å². The summed E-state index contributed by atoms with van der Waals surface area (Å²) in [5, 5.41) is 0.980. The van der Waals surface area contributed by atoms with E-state index in [1.807, 2.05) is 30.3 Å². The molecule has 0 saturated heterocycles. The molecule has 5 heteroatoms. The molecule has 5 nitrogen and oxygen atoms in total. The van der Waals surface area contributed by atoms with Crippen LogP contribution in [0, 0.1) is 0 Å². The molecule has 1 aromatic carbocycles. The second-order valence-electron chi connectivity index (χ2n) is 4.24. The van der Waals surface area contributed by atoms with Gasteiger partial charge < -0.3 is 10.5 Å². The highest BCUT2D eigenvalue weighted by Crippen LogP contribution is 2.17. The van der Waals surface area contributed by atoms with Gasteiger partial charge >= 0.3 is 5.97 Å². The maximum atomic E-state index is 11.5. The van der Waals surface area contributed by atoms with E-state index in [1.54, 1.807) is 12.3 Å². The van der Waals surface area contributed by atoms with Gasteiger partial charge in [-0.3, -0.25) is 9.78 Å². The van der Waals surface area contributed by atoms with Crippen LogP contribution in [0.5, 0.6) is 0 Å². The second-order valence-corrected chi connectivity index (χ2v) is 4.24. The van der Waals surface area contributed by atoms with Crippen LogP contribution >= 0.6 is 0 Å². The summed E-state index contributed by atoms with van der Waals surface area (Å²) in [6.45, 7) is 1.42. The standard InChI is InChI=1S/C15H14N2O3/c1-10(15(16)19)20-13(18)8-7-12-5-2-4-11-6-3-9-17-14(11)12/h2-10H,1H3,(H2,16,19). The van der Waals surface area contributed by atoms with Crippen molar-refractivity contribution in [2.45, 2.75) is 13.0 Å². The fourth-order valence-electron chi connectivity index (χ4n) is 1.69. The predicted molar refractivity (Wildman–Crippen MR) is 75.5 cm³/mol. The van der Waals surface area contributed by atoms with Gasteiger partial charge in [0, 0.05) is 23.2 Å². The number of ether oxygens (including phenoxy) is 1. The van der Waals surface area contributed by atoms with Gasteiger partial charge in [0.15, 0.2) is 6.10 Å². The van der Waals surface area contributed by atoms with Crippen LogP contribution in [0.4, 0.5) is 0 Å². The van der Waals surface area contributed by atoms with Gasteiger partial charge in [-0.1, -0.05) is 24.3 Å². The number of hydrogen-bond donors (Lipinski definition) is 1. The minimum absolute atomic E-state index is 0.621. The molecule has 1 aromatic heterocycles. The molecule has 1 amide bonds.